The summed E-state index contributed by atoms with van der Waals surface area (Å²) in [5, 5.41) is 4.30. The molecule has 0 aliphatic carbocycles. The van der Waals surface area contributed by atoms with Gasteiger partial charge in [-0.15, -0.1) is 5.10 Å². The molecule has 0 aliphatic rings. The third-order valence-corrected chi connectivity index (χ3v) is 2.26. The van der Waals surface area contributed by atoms with Crippen molar-refractivity contribution < 1.29 is 0 Å². The normalized spacial score (nSPS) is 9.92. The number of hydrogen-bond donors (Lipinski definition) is 1. The Morgan fingerprint density at radius 1 is 1.15 bits per heavy atom. The highest BCUT2D eigenvalue weighted by atomic mass is 127. The number of nitrogens with one attached hydrogen (secondary N) is 1. The smallest absolute Gasteiger partial charge is 0.157 e. The van der Waals surface area contributed by atoms with E-state index in [4.69, 9.17) is 0 Å². The summed E-state index contributed by atoms with van der Waals surface area (Å²) in [5.41, 5.74) is 1.07. The molecule has 0 saturated carbocycles. The molecule has 13 heavy (non-hydrogen) atoms. The number of para-hydroxylation sites is 1. The lowest BCUT2D eigenvalue weighted by molar-refractivity contribution is 0.886. The van der Waals surface area contributed by atoms with Gasteiger partial charge >= 0.3 is 0 Å². The Bertz CT molecular complexity index is 383. The lowest BCUT2D eigenvalue weighted by Gasteiger charge is -1.98. The molecule has 4 heteroatoms. The van der Waals surface area contributed by atoms with Gasteiger partial charge in [-0.3, -0.25) is 0 Å². The average Bonchev–Trinajstić information content (AvgIpc) is 2.67. The summed E-state index contributed by atoms with van der Waals surface area (Å²) in [7, 11) is 0. The van der Waals surface area contributed by atoms with Crippen LogP contribution in [0.25, 0.3) is 5.69 Å². The second-order valence-corrected chi connectivity index (χ2v) is 3.11. The van der Waals surface area contributed by atoms with E-state index in [2.05, 4.69) is 31.5 Å². The maximum Gasteiger partial charge on any atom is 0.157 e. The van der Waals surface area contributed by atoms with Gasteiger partial charge in [0.05, 0.1) is 28.6 Å². The summed E-state index contributed by atoms with van der Waals surface area (Å²) in [6.45, 7) is 0. The standard InChI is InChI=1S/C9H8IN3/c10-11-9-6-7-13(12-9)8-4-2-1-3-5-8/h1-7H,(H,11,12). The quantitative estimate of drug-likeness (QED) is 0.679. The maximum atomic E-state index is 4.30. The molecular weight excluding hydrogens is 277 g/mol. The van der Waals surface area contributed by atoms with Gasteiger partial charge in [-0.1, -0.05) is 18.2 Å². The van der Waals surface area contributed by atoms with Gasteiger partial charge in [0.1, 0.15) is 0 Å². The molecule has 0 unspecified atom stereocenters. The fraction of sp³-hybridized carbons (Fsp3) is 0. The molecule has 1 N–H and O–H groups in total. The molecule has 3 nitrogen and oxygen atoms in total. The molecule has 2 aromatic rings. The van der Waals surface area contributed by atoms with Crippen LogP contribution in [0.2, 0.25) is 0 Å². The first-order valence-corrected chi connectivity index (χ1v) is 4.96. The highest BCUT2D eigenvalue weighted by Crippen LogP contribution is 2.10. The highest BCUT2D eigenvalue weighted by molar-refractivity contribution is 14.1. The minimum atomic E-state index is 0.865. The zero-order valence-corrected chi connectivity index (χ0v) is 8.97. The lowest BCUT2D eigenvalue weighted by Crippen LogP contribution is -1.94. The monoisotopic (exact) mass is 285 g/mol. The van der Waals surface area contributed by atoms with Crippen LogP contribution in [-0.4, -0.2) is 9.78 Å². The largest absolute Gasteiger partial charge is 0.312 e. The van der Waals surface area contributed by atoms with Crippen molar-refractivity contribution in [1.82, 2.24) is 9.78 Å². The van der Waals surface area contributed by atoms with Crippen LogP contribution in [-0.2, 0) is 0 Å². The van der Waals surface area contributed by atoms with E-state index in [1.54, 1.807) is 0 Å². The van der Waals surface area contributed by atoms with Gasteiger partial charge in [-0.25, -0.2) is 4.68 Å². The number of rotatable bonds is 2. The van der Waals surface area contributed by atoms with Crippen LogP contribution < -0.4 is 3.53 Å². The summed E-state index contributed by atoms with van der Waals surface area (Å²) in [6.07, 6.45) is 1.93. The van der Waals surface area contributed by atoms with Crippen LogP contribution in [0.4, 0.5) is 5.82 Å². The Balaban J connectivity index is 2.36. The molecule has 0 amide bonds. The van der Waals surface area contributed by atoms with Crippen molar-refractivity contribution in [2.24, 2.45) is 0 Å². The molecular formula is C9H8IN3. The molecule has 2 rings (SSSR count). The first kappa shape index (κ1) is 8.55. The first-order chi connectivity index (χ1) is 6.40. The van der Waals surface area contributed by atoms with E-state index < -0.39 is 0 Å². The Labute approximate surface area is 90.3 Å². The Hall–Kier alpha value is -1.04. The van der Waals surface area contributed by atoms with Crippen molar-refractivity contribution in [1.29, 1.82) is 0 Å². The molecule has 0 aliphatic heterocycles. The van der Waals surface area contributed by atoms with Gasteiger partial charge < -0.3 is 3.53 Å². The second-order valence-electron chi connectivity index (χ2n) is 2.58. The van der Waals surface area contributed by atoms with Crippen molar-refractivity contribution in [3.05, 3.63) is 42.6 Å². The molecule has 0 atom stereocenters. The summed E-state index contributed by atoms with van der Waals surface area (Å²) >= 11 is 2.06. The lowest BCUT2D eigenvalue weighted by atomic mass is 10.3. The zero-order chi connectivity index (χ0) is 9.10. The van der Waals surface area contributed by atoms with Crippen molar-refractivity contribution in [2.75, 3.05) is 3.53 Å². The van der Waals surface area contributed by atoms with Gasteiger partial charge in [0.15, 0.2) is 5.82 Å². The number of hydrogen-bond acceptors (Lipinski definition) is 2. The van der Waals surface area contributed by atoms with Gasteiger partial charge in [0.25, 0.3) is 0 Å². The fourth-order valence-corrected chi connectivity index (χ4v) is 1.39. The number of nitrogens with zero attached hydrogens (tertiary/aromatic N) is 2. The third kappa shape index (κ3) is 1.82. The van der Waals surface area contributed by atoms with Crippen LogP contribution in [0.15, 0.2) is 42.6 Å². The molecule has 0 bridgehead atoms. The molecule has 0 fully saturated rings. The summed E-state index contributed by atoms with van der Waals surface area (Å²) in [5.74, 6) is 0.865. The van der Waals surface area contributed by atoms with Crippen LogP contribution in [0, 0.1) is 0 Å². The Morgan fingerprint density at radius 2 is 1.92 bits per heavy atom. The van der Waals surface area contributed by atoms with E-state index in [9.17, 15) is 0 Å². The number of halogens is 1. The molecule has 1 aromatic carbocycles. The molecule has 0 spiro atoms. The van der Waals surface area contributed by atoms with Gasteiger partial charge in [-0.05, 0) is 12.1 Å². The predicted molar refractivity (Wildman–Crippen MR) is 61.2 cm³/mol. The summed E-state index contributed by atoms with van der Waals surface area (Å²) < 4.78 is 4.79. The van der Waals surface area contributed by atoms with Crippen LogP contribution >= 0.6 is 22.9 Å². The van der Waals surface area contributed by atoms with E-state index >= 15 is 0 Å². The Morgan fingerprint density at radius 3 is 2.54 bits per heavy atom. The topological polar surface area (TPSA) is 29.9 Å². The summed E-state index contributed by atoms with van der Waals surface area (Å²) in [6, 6.07) is 11.9. The fourth-order valence-electron chi connectivity index (χ4n) is 1.10. The van der Waals surface area contributed by atoms with Gasteiger partial charge in [0, 0.05) is 12.3 Å². The predicted octanol–water partition coefficient (Wildman–Crippen LogP) is 2.63. The minimum absolute atomic E-state index is 0.865. The van der Waals surface area contributed by atoms with Gasteiger partial charge in [0.2, 0.25) is 0 Å². The molecule has 1 aromatic heterocycles. The number of aromatic nitrogens is 2. The van der Waals surface area contributed by atoms with Crippen molar-refractivity contribution in [3.8, 4) is 5.69 Å². The second kappa shape index (κ2) is 3.78. The molecule has 0 saturated heterocycles. The number of benzene rings is 1. The van der Waals surface area contributed by atoms with Crippen LogP contribution in [0.5, 0.6) is 0 Å². The van der Waals surface area contributed by atoms with Crippen LogP contribution in [0.3, 0.4) is 0 Å². The average molecular weight is 285 g/mol. The minimum Gasteiger partial charge on any atom is -0.312 e. The molecule has 0 radical (unpaired) electrons. The Kier molecular flexibility index (Phi) is 2.49. The summed E-state index contributed by atoms with van der Waals surface area (Å²) in [4.78, 5) is 0. The van der Waals surface area contributed by atoms with Crippen LogP contribution in [0.1, 0.15) is 0 Å². The SMILES string of the molecule is INc1ccn(-c2ccccc2)n1. The van der Waals surface area contributed by atoms with E-state index in [-0.39, 0.29) is 0 Å². The molecule has 1 heterocycles. The van der Waals surface area contributed by atoms with Gasteiger partial charge in [-0.2, -0.15) is 0 Å². The van der Waals surface area contributed by atoms with E-state index in [1.165, 1.54) is 0 Å². The maximum absolute atomic E-state index is 4.30. The van der Waals surface area contributed by atoms with E-state index in [0.29, 0.717) is 0 Å². The van der Waals surface area contributed by atoms with Crippen molar-refractivity contribution >= 4 is 28.7 Å². The third-order valence-electron chi connectivity index (χ3n) is 1.71. The zero-order valence-electron chi connectivity index (χ0n) is 6.81. The van der Waals surface area contributed by atoms with E-state index in [1.807, 2.05) is 47.3 Å². The first-order valence-electron chi connectivity index (χ1n) is 3.88. The van der Waals surface area contributed by atoms with E-state index in [0.717, 1.165) is 11.5 Å². The highest BCUT2D eigenvalue weighted by Gasteiger charge is 1.97. The van der Waals surface area contributed by atoms with Crippen molar-refractivity contribution in [3.63, 3.8) is 0 Å². The number of anilines is 1. The molecule has 66 valence electrons. The van der Waals surface area contributed by atoms with Crippen molar-refractivity contribution in [2.45, 2.75) is 0 Å².